The van der Waals surface area contributed by atoms with Crippen LogP contribution >= 0.6 is 11.8 Å². The van der Waals surface area contributed by atoms with Crippen LogP contribution in [0.5, 0.6) is 11.5 Å². The molecule has 0 bridgehead atoms. The van der Waals surface area contributed by atoms with Gasteiger partial charge in [-0.15, -0.1) is 0 Å². The van der Waals surface area contributed by atoms with Crippen molar-refractivity contribution in [3.8, 4) is 11.5 Å². The Morgan fingerprint density at radius 2 is 1.95 bits per heavy atom. The van der Waals surface area contributed by atoms with Crippen molar-refractivity contribution in [1.82, 2.24) is 15.2 Å². The maximum absolute atomic E-state index is 13.1. The lowest BCUT2D eigenvalue weighted by molar-refractivity contribution is -0.136. The molecular weight excluding hydrogens is 492 g/mol. The molecule has 37 heavy (non-hydrogen) atoms. The van der Waals surface area contributed by atoms with Crippen molar-refractivity contribution in [3.63, 3.8) is 0 Å². The van der Waals surface area contributed by atoms with E-state index < -0.39 is 12.0 Å². The number of benzene rings is 1. The molecule has 0 aliphatic carbocycles. The molecule has 2 aliphatic rings. The Morgan fingerprint density at radius 1 is 1.11 bits per heavy atom. The first-order valence-electron chi connectivity index (χ1n) is 11.9. The van der Waals surface area contributed by atoms with Gasteiger partial charge in [-0.25, -0.2) is 9.79 Å². The third-order valence-corrected chi connectivity index (χ3v) is 7.02. The number of hydrogen-bond acceptors (Lipinski definition) is 9. The number of methoxy groups -OCH3 is 3. The van der Waals surface area contributed by atoms with Crippen molar-refractivity contribution in [2.45, 2.75) is 32.2 Å². The lowest BCUT2D eigenvalue weighted by Crippen LogP contribution is -2.38. The van der Waals surface area contributed by atoms with Crippen molar-refractivity contribution >= 4 is 28.8 Å². The van der Waals surface area contributed by atoms with Crippen LogP contribution in [-0.2, 0) is 20.7 Å². The Hall–Kier alpha value is -3.79. The molecule has 1 aromatic carbocycles. The van der Waals surface area contributed by atoms with Gasteiger partial charge in [0, 0.05) is 36.1 Å². The molecule has 10 heteroatoms. The summed E-state index contributed by atoms with van der Waals surface area (Å²) in [6.07, 6.45) is 3.02. The third-order valence-electron chi connectivity index (χ3n) is 6.13. The molecule has 0 saturated heterocycles. The molecule has 194 valence electrons. The summed E-state index contributed by atoms with van der Waals surface area (Å²) in [5.74, 6) is 0.427. The summed E-state index contributed by atoms with van der Waals surface area (Å²) in [5, 5.41) is 5.57. The number of rotatable bonds is 10. The summed E-state index contributed by atoms with van der Waals surface area (Å²) in [6, 6.07) is 10.6. The fourth-order valence-electron chi connectivity index (χ4n) is 4.44. The summed E-state index contributed by atoms with van der Waals surface area (Å²) in [5.41, 5.74) is 3.39. The quantitative estimate of drug-likeness (QED) is 0.468. The molecule has 0 spiro atoms. The Kier molecular flexibility index (Phi) is 8.50. The monoisotopic (exact) mass is 522 g/mol. The molecule has 1 N–H and O–H groups in total. The van der Waals surface area contributed by atoms with E-state index in [-0.39, 0.29) is 12.3 Å². The van der Waals surface area contributed by atoms with Crippen molar-refractivity contribution in [3.05, 3.63) is 76.2 Å². The van der Waals surface area contributed by atoms with Gasteiger partial charge < -0.3 is 24.4 Å². The van der Waals surface area contributed by atoms with Crippen LogP contribution in [0.3, 0.4) is 0 Å². The fraction of sp³-hybridized carbons (Fsp3) is 0.333. The number of carbonyl (C=O) groups is 2. The zero-order valence-corrected chi connectivity index (χ0v) is 22.1. The highest BCUT2D eigenvalue weighted by molar-refractivity contribution is 8.16. The second kappa shape index (κ2) is 12.0. The number of allylic oxidation sites excluding steroid dienone is 1. The number of aromatic nitrogens is 1. The van der Waals surface area contributed by atoms with Crippen molar-refractivity contribution in [1.29, 1.82) is 0 Å². The van der Waals surface area contributed by atoms with E-state index in [9.17, 15) is 9.59 Å². The predicted molar refractivity (Wildman–Crippen MR) is 142 cm³/mol. The average Bonchev–Trinajstić information content (AvgIpc) is 3.33. The van der Waals surface area contributed by atoms with Gasteiger partial charge >= 0.3 is 5.97 Å². The molecule has 0 saturated carbocycles. The number of amides is 1. The van der Waals surface area contributed by atoms with Gasteiger partial charge in [0.05, 0.1) is 45.1 Å². The number of fused-ring (bicyclic) bond motifs is 1. The first kappa shape index (κ1) is 26.3. The maximum atomic E-state index is 13.1. The minimum atomic E-state index is -0.609. The highest BCUT2D eigenvalue weighted by Crippen LogP contribution is 2.49. The van der Waals surface area contributed by atoms with Crippen LogP contribution in [0.4, 0.5) is 0 Å². The number of pyridine rings is 1. The van der Waals surface area contributed by atoms with Gasteiger partial charge in [0.15, 0.2) is 16.7 Å². The van der Waals surface area contributed by atoms with Crippen LogP contribution in [0.2, 0.25) is 0 Å². The molecule has 3 heterocycles. The van der Waals surface area contributed by atoms with E-state index in [0.29, 0.717) is 52.9 Å². The van der Waals surface area contributed by atoms with Crippen LogP contribution in [0, 0.1) is 0 Å². The van der Waals surface area contributed by atoms with Gasteiger partial charge in [0.1, 0.15) is 0 Å². The molecule has 0 fully saturated rings. The number of carbonyl (C=O) groups excluding carboxylic acids is 2. The third kappa shape index (κ3) is 5.48. The molecule has 0 radical (unpaired) electrons. The lowest BCUT2D eigenvalue weighted by Gasteiger charge is -2.37. The predicted octanol–water partition coefficient (Wildman–Crippen LogP) is 3.99. The zero-order chi connectivity index (χ0) is 26.4. The normalized spacial score (nSPS) is 16.5. The van der Waals surface area contributed by atoms with Crippen molar-refractivity contribution in [2.75, 3.05) is 27.9 Å². The summed E-state index contributed by atoms with van der Waals surface area (Å²) in [7, 11) is 4.48. The van der Waals surface area contributed by atoms with E-state index in [0.717, 1.165) is 11.4 Å². The Morgan fingerprint density at radius 3 is 2.62 bits per heavy atom. The Balaban J connectivity index is 1.65. The second-order valence-corrected chi connectivity index (χ2v) is 9.12. The second-order valence-electron chi connectivity index (χ2n) is 8.28. The standard InChI is InChI=1S/C27H30N4O5S/c1-5-20-23(26(33)36-4)24(19-10-8-11-21(34-2)25(19)35-3)31-18(16-37-27(31)30-20)15-22(32)29-14-12-17-9-6-7-13-28-17/h6-11,13,16,24H,5,12,14-15H2,1-4H3,(H,29,32)/t24-/m0/s1. The zero-order valence-electron chi connectivity index (χ0n) is 21.3. The van der Waals surface area contributed by atoms with Gasteiger partial charge in [-0.05, 0) is 30.0 Å². The summed E-state index contributed by atoms with van der Waals surface area (Å²) < 4.78 is 16.5. The van der Waals surface area contributed by atoms with Crippen molar-refractivity contribution < 1.29 is 23.8 Å². The SMILES string of the molecule is CCC1=C(C(=O)OC)[C@H](c2cccc(OC)c2OC)N2C(CC(=O)NCCc3ccccn3)=CSC2=N1. The van der Waals surface area contributed by atoms with Crippen LogP contribution in [0.15, 0.2) is 70.0 Å². The Bertz CT molecular complexity index is 1260. The molecular formula is C27H30N4O5S. The smallest absolute Gasteiger partial charge is 0.338 e. The number of ether oxygens (including phenoxy) is 3. The van der Waals surface area contributed by atoms with Crippen LogP contribution < -0.4 is 14.8 Å². The van der Waals surface area contributed by atoms with Crippen molar-refractivity contribution in [2.24, 2.45) is 4.99 Å². The lowest BCUT2D eigenvalue weighted by atomic mass is 9.92. The minimum Gasteiger partial charge on any atom is -0.493 e. The number of para-hydroxylation sites is 1. The summed E-state index contributed by atoms with van der Waals surface area (Å²) in [4.78, 5) is 37.0. The topological polar surface area (TPSA) is 102 Å². The largest absolute Gasteiger partial charge is 0.493 e. The van der Waals surface area contributed by atoms with Gasteiger partial charge in [-0.1, -0.05) is 36.9 Å². The number of hydrogen-bond donors (Lipinski definition) is 1. The number of nitrogens with zero attached hydrogens (tertiary/aromatic N) is 3. The van der Waals surface area contributed by atoms with Crippen LogP contribution in [-0.4, -0.2) is 54.8 Å². The summed E-state index contributed by atoms with van der Waals surface area (Å²) >= 11 is 1.42. The minimum absolute atomic E-state index is 0.118. The van der Waals surface area contributed by atoms with Gasteiger partial charge in [0.25, 0.3) is 0 Å². The molecule has 2 aromatic rings. The molecule has 0 unspecified atom stereocenters. The van der Waals surface area contributed by atoms with E-state index >= 15 is 0 Å². The van der Waals surface area contributed by atoms with E-state index in [4.69, 9.17) is 19.2 Å². The molecule has 1 amide bonds. The molecule has 2 aliphatic heterocycles. The number of thioether (sulfide) groups is 1. The van der Waals surface area contributed by atoms with E-state index in [2.05, 4.69) is 10.3 Å². The highest BCUT2D eigenvalue weighted by atomic mass is 32.2. The Labute approximate surface area is 220 Å². The first-order chi connectivity index (χ1) is 18.0. The van der Waals surface area contributed by atoms with E-state index in [1.807, 2.05) is 47.6 Å². The molecule has 4 rings (SSSR count). The number of amidine groups is 1. The van der Waals surface area contributed by atoms with E-state index in [1.165, 1.54) is 18.9 Å². The number of esters is 1. The van der Waals surface area contributed by atoms with E-state index in [1.54, 1.807) is 26.5 Å². The first-order valence-corrected chi connectivity index (χ1v) is 12.8. The fourth-order valence-corrected chi connectivity index (χ4v) is 5.37. The van der Waals surface area contributed by atoms with Gasteiger partial charge in [-0.3, -0.25) is 9.78 Å². The molecule has 9 nitrogen and oxygen atoms in total. The number of aliphatic imine (C=N–C) groups is 1. The molecule has 1 aromatic heterocycles. The maximum Gasteiger partial charge on any atom is 0.338 e. The highest BCUT2D eigenvalue weighted by Gasteiger charge is 2.43. The van der Waals surface area contributed by atoms with Gasteiger partial charge in [0.2, 0.25) is 5.91 Å². The van der Waals surface area contributed by atoms with Crippen LogP contribution in [0.25, 0.3) is 0 Å². The summed E-state index contributed by atoms with van der Waals surface area (Å²) in [6.45, 7) is 2.42. The van der Waals surface area contributed by atoms with Gasteiger partial charge in [-0.2, -0.15) is 0 Å². The average molecular weight is 523 g/mol. The number of nitrogens with one attached hydrogen (secondary N) is 1. The molecule has 1 atom stereocenters. The van der Waals surface area contributed by atoms with Crippen LogP contribution in [0.1, 0.15) is 37.1 Å².